The maximum atomic E-state index is 3.67. The van der Waals surface area contributed by atoms with Crippen LogP contribution < -0.4 is 5.32 Å². The van der Waals surface area contributed by atoms with E-state index in [2.05, 4.69) is 78.4 Å². The van der Waals surface area contributed by atoms with Gasteiger partial charge in [-0.15, -0.1) is 0 Å². The Labute approximate surface area is 124 Å². The molecule has 0 radical (unpaired) electrons. The summed E-state index contributed by atoms with van der Waals surface area (Å²) < 4.78 is 1.15. The first kappa shape index (κ1) is 14.3. The fourth-order valence-electron chi connectivity index (χ4n) is 2.56. The predicted molar refractivity (Wildman–Crippen MR) is 85.7 cm³/mol. The Hall–Kier alpha value is -1.12. The largest absolute Gasteiger partial charge is 0.309 e. The number of hydrogen-bond donors (Lipinski definition) is 1. The SMILES string of the molecule is CNC(c1cc(C)cc(C)c1)c1cc(C)ccc1Br. The molecule has 0 spiro atoms. The van der Waals surface area contributed by atoms with Crippen molar-refractivity contribution in [3.8, 4) is 0 Å². The van der Waals surface area contributed by atoms with Crippen LogP contribution in [0.3, 0.4) is 0 Å². The molecule has 0 aromatic heterocycles. The number of nitrogens with one attached hydrogen (secondary N) is 1. The zero-order valence-corrected chi connectivity index (χ0v) is 13.5. The summed E-state index contributed by atoms with van der Waals surface area (Å²) in [4.78, 5) is 0. The van der Waals surface area contributed by atoms with Crippen LogP contribution in [-0.4, -0.2) is 7.05 Å². The van der Waals surface area contributed by atoms with Crippen LogP contribution in [-0.2, 0) is 0 Å². The number of halogens is 1. The summed E-state index contributed by atoms with van der Waals surface area (Å²) in [6.07, 6.45) is 0. The highest BCUT2D eigenvalue weighted by atomic mass is 79.9. The van der Waals surface area contributed by atoms with E-state index in [1.165, 1.54) is 27.8 Å². The van der Waals surface area contributed by atoms with Crippen LogP contribution in [0.4, 0.5) is 0 Å². The molecule has 2 aromatic rings. The van der Waals surface area contributed by atoms with Gasteiger partial charge in [-0.1, -0.05) is 63.0 Å². The minimum atomic E-state index is 0.216. The zero-order chi connectivity index (χ0) is 14.0. The first-order valence-electron chi connectivity index (χ1n) is 6.53. The molecule has 0 aliphatic heterocycles. The lowest BCUT2D eigenvalue weighted by Gasteiger charge is -2.20. The lowest BCUT2D eigenvalue weighted by atomic mass is 9.95. The third-order valence-corrected chi connectivity index (χ3v) is 4.05. The Morgan fingerprint density at radius 2 is 1.53 bits per heavy atom. The molecular formula is C17H20BrN. The second kappa shape index (κ2) is 5.89. The van der Waals surface area contributed by atoms with Gasteiger partial charge in [0.2, 0.25) is 0 Å². The van der Waals surface area contributed by atoms with Crippen LogP contribution in [0.5, 0.6) is 0 Å². The van der Waals surface area contributed by atoms with Gasteiger partial charge in [-0.2, -0.15) is 0 Å². The third kappa shape index (κ3) is 3.26. The van der Waals surface area contributed by atoms with E-state index in [4.69, 9.17) is 0 Å². The Kier molecular flexibility index (Phi) is 4.43. The molecule has 0 bridgehead atoms. The molecule has 19 heavy (non-hydrogen) atoms. The summed E-state index contributed by atoms with van der Waals surface area (Å²) >= 11 is 3.67. The van der Waals surface area contributed by atoms with Crippen molar-refractivity contribution in [2.24, 2.45) is 0 Å². The molecule has 0 saturated heterocycles. The van der Waals surface area contributed by atoms with E-state index in [1.807, 2.05) is 7.05 Å². The van der Waals surface area contributed by atoms with Gasteiger partial charge in [0.05, 0.1) is 6.04 Å². The van der Waals surface area contributed by atoms with Crippen molar-refractivity contribution >= 4 is 15.9 Å². The summed E-state index contributed by atoms with van der Waals surface area (Å²) in [5.41, 5.74) is 6.49. The first-order chi connectivity index (χ1) is 9.01. The van der Waals surface area contributed by atoms with Gasteiger partial charge in [0.25, 0.3) is 0 Å². The van der Waals surface area contributed by atoms with Gasteiger partial charge in [0.1, 0.15) is 0 Å². The quantitative estimate of drug-likeness (QED) is 0.866. The van der Waals surface area contributed by atoms with Gasteiger partial charge in [0, 0.05) is 4.47 Å². The molecule has 0 saturated carbocycles. The van der Waals surface area contributed by atoms with Crippen LogP contribution in [0.15, 0.2) is 40.9 Å². The van der Waals surface area contributed by atoms with Gasteiger partial charge in [-0.05, 0) is 45.0 Å². The number of rotatable bonds is 3. The fourth-order valence-corrected chi connectivity index (χ4v) is 3.04. The third-order valence-electron chi connectivity index (χ3n) is 3.33. The van der Waals surface area contributed by atoms with Gasteiger partial charge in [-0.25, -0.2) is 0 Å². The Bertz CT molecular complexity index is 570. The molecule has 0 heterocycles. The van der Waals surface area contributed by atoms with Crippen LogP contribution in [0.2, 0.25) is 0 Å². The van der Waals surface area contributed by atoms with Crippen molar-refractivity contribution in [3.63, 3.8) is 0 Å². The minimum absolute atomic E-state index is 0.216. The van der Waals surface area contributed by atoms with Crippen LogP contribution >= 0.6 is 15.9 Å². The smallest absolute Gasteiger partial charge is 0.0585 e. The summed E-state index contributed by atoms with van der Waals surface area (Å²) in [5, 5.41) is 3.43. The van der Waals surface area contributed by atoms with Crippen molar-refractivity contribution in [3.05, 3.63) is 68.7 Å². The molecule has 2 aromatic carbocycles. The standard InChI is InChI=1S/C17H20BrN/c1-11-5-6-16(18)15(10-11)17(19-4)14-8-12(2)7-13(3)9-14/h5-10,17,19H,1-4H3. The molecule has 2 rings (SSSR count). The maximum absolute atomic E-state index is 3.67. The predicted octanol–water partition coefficient (Wildman–Crippen LogP) is 4.68. The van der Waals surface area contributed by atoms with Crippen molar-refractivity contribution in [1.82, 2.24) is 5.32 Å². The highest BCUT2D eigenvalue weighted by molar-refractivity contribution is 9.10. The lowest BCUT2D eigenvalue weighted by Crippen LogP contribution is -2.18. The topological polar surface area (TPSA) is 12.0 Å². The van der Waals surface area contributed by atoms with Gasteiger partial charge in [-0.3, -0.25) is 0 Å². The highest BCUT2D eigenvalue weighted by Crippen LogP contribution is 2.30. The minimum Gasteiger partial charge on any atom is -0.309 e. The van der Waals surface area contributed by atoms with Gasteiger partial charge in [0.15, 0.2) is 0 Å². The monoisotopic (exact) mass is 317 g/mol. The van der Waals surface area contributed by atoms with Crippen molar-refractivity contribution in [2.75, 3.05) is 7.05 Å². The molecule has 0 amide bonds. The number of hydrogen-bond acceptors (Lipinski definition) is 1. The van der Waals surface area contributed by atoms with E-state index in [9.17, 15) is 0 Å². The summed E-state index contributed by atoms with van der Waals surface area (Å²) in [6.45, 7) is 6.42. The van der Waals surface area contributed by atoms with E-state index >= 15 is 0 Å². The Morgan fingerprint density at radius 1 is 0.895 bits per heavy atom. The molecule has 0 fully saturated rings. The van der Waals surface area contributed by atoms with Crippen LogP contribution in [0, 0.1) is 20.8 Å². The summed E-state index contributed by atoms with van der Waals surface area (Å²) in [5.74, 6) is 0. The van der Waals surface area contributed by atoms with E-state index in [-0.39, 0.29) is 6.04 Å². The first-order valence-corrected chi connectivity index (χ1v) is 7.32. The summed E-state index contributed by atoms with van der Waals surface area (Å²) in [7, 11) is 2.01. The van der Waals surface area contributed by atoms with E-state index in [0.29, 0.717) is 0 Å². The number of aryl methyl sites for hydroxylation is 3. The highest BCUT2D eigenvalue weighted by Gasteiger charge is 2.15. The average molecular weight is 318 g/mol. The van der Waals surface area contributed by atoms with E-state index in [1.54, 1.807) is 0 Å². The number of benzene rings is 2. The Balaban J connectivity index is 2.52. The van der Waals surface area contributed by atoms with Crippen molar-refractivity contribution < 1.29 is 0 Å². The van der Waals surface area contributed by atoms with Gasteiger partial charge >= 0.3 is 0 Å². The van der Waals surface area contributed by atoms with Crippen LogP contribution in [0.1, 0.15) is 33.9 Å². The summed E-state index contributed by atoms with van der Waals surface area (Å²) in [6, 6.07) is 13.4. The van der Waals surface area contributed by atoms with Crippen LogP contribution in [0.25, 0.3) is 0 Å². The van der Waals surface area contributed by atoms with Gasteiger partial charge < -0.3 is 5.32 Å². The normalized spacial score (nSPS) is 12.5. The molecule has 1 N–H and O–H groups in total. The fraction of sp³-hybridized carbons (Fsp3) is 0.294. The second-order valence-electron chi connectivity index (χ2n) is 5.17. The molecule has 2 heteroatoms. The molecular weight excluding hydrogens is 298 g/mol. The second-order valence-corrected chi connectivity index (χ2v) is 6.02. The molecule has 0 aliphatic carbocycles. The molecule has 0 aliphatic rings. The Morgan fingerprint density at radius 3 is 2.11 bits per heavy atom. The molecule has 1 atom stereocenters. The lowest BCUT2D eigenvalue weighted by molar-refractivity contribution is 0.687. The molecule has 1 unspecified atom stereocenters. The van der Waals surface area contributed by atoms with Crippen molar-refractivity contribution in [1.29, 1.82) is 0 Å². The van der Waals surface area contributed by atoms with Crippen molar-refractivity contribution in [2.45, 2.75) is 26.8 Å². The maximum Gasteiger partial charge on any atom is 0.0585 e. The molecule has 100 valence electrons. The van der Waals surface area contributed by atoms with E-state index in [0.717, 1.165) is 4.47 Å². The zero-order valence-electron chi connectivity index (χ0n) is 11.9. The average Bonchev–Trinajstić information content (AvgIpc) is 2.33. The van der Waals surface area contributed by atoms with E-state index < -0.39 is 0 Å². The molecule has 1 nitrogen and oxygen atoms in total.